The van der Waals surface area contributed by atoms with Gasteiger partial charge in [0.15, 0.2) is 0 Å². The molecule has 0 fully saturated rings. The highest BCUT2D eigenvalue weighted by atomic mass is 35.5. The number of nitrogens with two attached hydrogens (primary N) is 1. The van der Waals surface area contributed by atoms with E-state index in [1.807, 2.05) is 31.2 Å². The topological polar surface area (TPSA) is 93.3 Å². The minimum Gasteiger partial charge on any atom is -0.491 e. The van der Waals surface area contributed by atoms with E-state index in [0.717, 1.165) is 11.3 Å². The molecule has 0 saturated heterocycles. The number of nitrogens with one attached hydrogen (secondary N) is 1. The molecule has 6 nitrogen and oxygen atoms in total. The third kappa shape index (κ3) is 5.09. The summed E-state index contributed by atoms with van der Waals surface area (Å²) in [5.74, 6) is 1.26. The Morgan fingerprint density at radius 1 is 1.38 bits per heavy atom. The summed E-state index contributed by atoms with van der Waals surface area (Å²) in [4.78, 5) is 7.71. The Morgan fingerprint density at radius 2 is 2.19 bits per heavy atom. The zero-order valence-corrected chi connectivity index (χ0v) is 12.3. The molecule has 1 aromatic carbocycles. The standard InChI is InChI=1S/C14H17ClN4O2/c1-9-3-2-4-11(5-9)21-8-10(20)7-17-13-6-12(15)18-14(16)19-13/h2-6,10,20H,7-8H2,1H3,(H3,16,17,18,19). The Bertz CT molecular complexity index is 589. The molecule has 0 spiro atoms. The molecule has 0 saturated carbocycles. The van der Waals surface area contributed by atoms with Crippen LogP contribution in [-0.2, 0) is 0 Å². The van der Waals surface area contributed by atoms with E-state index in [2.05, 4.69) is 15.3 Å². The van der Waals surface area contributed by atoms with Gasteiger partial charge < -0.3 is 20.9 Å². The van der Waals surface area contributed by atoms with Gasteiger partial charge in [-0.15, -0.1) is 0 Å². The SMILES string of the molecule is Cc1cccc(OCC(O)CNc2cc(Cl)nc(N)n2)c1. The number of aromatic nitrogens is 2. The maximum atomic E-state index is 9.88. The van der Waals surface area contributed by atoms with Crippen LogP contribution in [0.5, 0.6) is 5.75 Å². The minimum atomic E-state index is -0.694. The van der Waals surface area contributed by atoms with Crippen LogP contribution in [0.2, 0.25) is 5.15 Å². The first-order chi connectivity index (χ1) is 10.0. The van der Waals surface area contributed by atoms with Crippen molar-refractivity contribution < 1.29 is 9.84 Å². The number of ether oxygens (including phenoxy) is 1. The maximum absolute atomic E-state index is 9.88. The highest BCUT2D eigenvalue weighted by molar-refractivity contribution is 6.29. The Hall–Kier alpha value is -2.05. The van der Waals surface area contributed by atoms with E-state index in [-0.39, 0.29) is 24.3 Å². The minimum absolute atomic E-state index is 0.0792. The fourth-order valence-corrected chi connectivity index (χ4v) is 1.89. The van der Waals surface area contributed by atoms with Crippen LogP contribution in [0.4, 0.5) is 11.8 Å². The molecule has 4 N–H and O–H groups in total. The molecular formula is C14H17ClN4O2. The molecule has 2 rings (SSSR count). The van der Waals surface area contributed by atoms with E-state index >= 15 is 0 Å². The van der Waals surface area contributed by atoms with Crippen LogP contribution in [0.25, 0.3) is 0 Å². The molecule has 0 bridgehead atoms. The van der Waals surface area contributed by atoms with Crippen molar-refractivity contribution in [2.75, 3.05) is 24.2 Å². The number of aliphatic hydroxyl groups is 1. The first-order valence-corrected chi connectivity index (χ1v) is 6.82. The van der Waals surface area contributed by atoms with Crippen LogP contribution >= 0.6 is 11.6 Å². The smallest absolute Gasteiger partial charge is 0.223 e. The lowest BCUT2D eigenvalue weighted by Gasteiger charge is -2.14. The van der Waals surface area contributed by atoms with Crippen LogP contribution in [0.1, 0.15) is 5.56 Å². The normalized spacial score (nSPS) is 12.0. The van der Waals surface area contributed by atoms with E-state index in [1.165, 1.54) is 6.07 Å². The molecule has 0 aliphatic heterocycles. The third-order valence-corrected chi connectivity index (χ3v) is 2.86. The fourth-order valence-electron chi connectivity index (χ4n) is 1.70. The molecule has 0 radical (unpaired) electrons. The zero-order valence-electron chi connectivity index (χ0n) is 11.6. The van der Waals surface area contributed by atoms with Gasteiger partial charge in [-0.05, 0) is 24.6 Å². The summed E-state index contributed by atoms with van der Waals surface area (Å²) in [6.07, 6.45) is -0.694. The number of nitrogens with zero attached hydrogens (tertiary/aromatic N) is 2. The predicted molar refractivity (Wildman–Crippen MR) is 82.6 cm³/mol. The molecule has 0 aliphatic carbocycles. The van der Waals surface area contributed by atoms with Crippen LogP contribution in [-0.4, -0.2) is 34.3 Å². The Balaban J connectivity index is 1.80. The van der Waals surface area contributed by atoms with Gasteiger partial charge in [-0.3, -0.25) is 0 Å². The summed E-state index contributed by atoms with van der Waals surface area (Å²) in [5.41, 5.74) is 6.58. The van der Waals surface area contributed by atoms with Crippen molar-refractivity contribution in [2.24, 2.45) is 0 Å². The number of aryl methyl sites for hydroxylation is 1. The van der Waals surface area contributed by atoms with Crippen molar-refractivity contribution in [3.8, 4) is 5.75 Å². The van der Waals surface area contributed by atoms with Gasteiger partial charge in [0.25, 0.3) is 0 Å². The molecule has 1 atom stereocenters. The first kappa shape index (κ1) is 15.3. The quantitative estimate of drug-likeness (QED) is 0.705. The van der Waals surface area contributed by atoms with Gasteiger partial charge in [-0.1, -0.05) is 23.7 Å². The largest absolute Gasteiger partial charge is 0.491 e. The number of hydrogen-bond donors (Lipinski definition) is 3. The summed E-state index contributed by atoms with van der Waals surface area (Å²) in [7, 11) is 0. The van der Waals surface area contributed by atoms with E-state index in [4.69, 9.17) is 22.1 Å². The van der Waals surface area contributed by atoms with Gasteiger partial charge in [0, 0.05) is 12.6 Å². The number of hydrogen-bond acceptors (Lipinski definition) is 6. The number of benzene rings is 1. The molecule has 0 amide bonds. The second-order valence-corrected chi connectivity index (χ2v) is 4.98. The highest BCUT2D eigenvalue weighted by Crippen LogP contribution is 2.14. The maximum Gasteiger partial charge on any atom is 0.223 e. The van der Waals surface area contributed by atoms with E-state index in [9.17, 15) is 5.11 Å². The van der Waals surface area contributed by atoms with Crippen molar-refractivity contribution in [2.45, 2.75) is 13.0 Å². The highest BCUT2D eigenvalue weighted by Gasteiger charge is 2.07. The molecule has 0 aliphatic rings. The molecule has 21 heavy (non-hydrogen) atoms. The van der Waals surface area contributed by atoms with Crippen LogP contribution in [0, 0.1) is 6.92 Å². The van der Waals surface area contributed by atoms with Crippen LogP contribution in [0.3, 0.4) is 0 Å². The predicted octanol–water partition coefficient (Wildman–Crippen LogP) is 1.87. The van der Waals surface area contributed by atoms with Crippen molar-refractivity contribution in [3.63, 3.8) is 0 Å². The Morgan fingerprint density at radius 3 is 2.90 bits per heavy atom. The second-order valence-electron chi connectivity index (χ2n) is 4.60. The third-order valence-electron chi connectivity index (χ3n) is 2.66. The molecule has 112 valence electrons. The Labute approximate surface area is 127 Å². The molecule has 1 aromatic heterocycles. The summed E-state index contributed by atoms with van der Waals surface area (Å²) in [6, 6.07) is 9.17. The summed E-state index contributed by atoms with van der Waals surface area (Å²) in [5, 5.41) is 13.1. The van der Waals surface area contributed by atoms with Gasteiger partial charge in [0.2, 0.25) is 5.95 Å². The Kier molecular flexibility index (Phi) is 5.19. The fraction of sp³-hybridized carbons (Fsp3) is 0.286. The molecule has 1 unspecified atom stereocenters. The van der Waals surface area contributed by atoms with Crippen molar-refractivity contribution in [1.82, 2.24) is 9.97 Å². The summed E-state index contributed by atoms with van der Waals surface area (Å²) < 4.78 is 5.51. The number of halogens is 1. The monoisotopic (exact) mass is 308 g/mol. The van der Waals surface area contributed by atoms with Gasteiger partial charge in [-0.2, -0.15) is 4.98 Å². The van der Waals surface area contributed by atoms with E-state index < -0.39 is 6.10 Å². The molecule has 2 aromatic rings. The average molecular weight is 309 g/mol. The molecular weight excluding hydrogens is 292 g/mol. The summed E-state index contributed by atoms with van der Waals surface area (Å²) >= 11 is 5.76. The lowest BCUT2D eigenvalue weighted by molar-refractivity contribution is 0.117. The first-order valence-electron chi connectivity index (χ1n) is 6.44. The average Bonchev–Trinajstić information content (AvgIpc) is 2.42. The lowest BCUT2D eigenvalue weighted by Crippen LogP contribution is -2.26. The van der Waals surface area contributed by atoms with Crippen molar-refractivity contribution >= 4 is 23.4 Å². The van der Waals surface area contributed by atoms with Gasteiger partial charge in [0.05, 0.1) is 0 Å². The van der Waals surface area contributed by atoms with Crippen molar-refractivity contribution in [3.05, 3.63) is 41.0 Å². The molecule has 7 heteroatoms. The number of aliphatic hydroxyl groups excluding tert-OH is 1. The second kappa shape index (κ2) is 7.10. The number of nitrogen functional groups attached to an aromatic ring is 1. The molecule has 1 heterocycles. The number of rotatable bonds is 6. The van der Waals surface area contributed by atoms with Crippen molar-refractivity contribution in [1.29, 1.82) is 0 Å². The van der Waals surface area contributed by atoms with Gasteiger partial charge in [-0.25, -0.2) is 4.98 Å². The number of anilines is 2. The zero-order chi connectivity index (χ0) is 15.2. The van der Waals surface area contributed by atoms with E-state index in [1.54, 1.807) is 0 Å². The van der Waals surface area contributed by atoms with Crippen LogP contribution in [0.15, 0.2) is 30.3 Å². The van der Waals surface area contributed by atoms with E-state index in [0.29, 0.717) is 5.82 Å². The lowest BCUT2D eigenvalue weighted by atomic mass is 10.2. The van der Waals surface area contributed by atoms with Crippen LogP contribution < -0.4 is 15.8 Å². The summed E-state index contributed by atoms with van der Waals surface area (Å²) in [6.45, 7) is 2.41. The van der Waals surface area contributed by atoms with Gasteiger partial charge >= 0.3 is 0 Å². The van der Waals surface area contributed by atoms with Gasteiger partial charge in [0.1, 0.15) is 29.4 Å².